The van der Waals surface area contributed by atoms with E-state index in [-0.39, 0.29) is 5.41 Å². The summed E-state index contributed by atoms with van der Waals surface area (Å²) in [5, 5.41) is 19.4. The van der Waals surface area contributed by atoms with E-state index in [2.05, 4.69) is 31.0 Å². The van der Waals surface area contributed by atoms with E-state index in [1.54, 1.807) is 18.5 Å². The summed E-state index contributed by atoms with van der Waals surface area (Å²) in [5.41, 5.74) is 0.865. The second-order valence-corrected chi connectivity index (χ2v) is 4.74. The van der Waals surface area contributed by atoms with Crippen LogP contribution in [0.1, 0.15) is 26.3 Å². The Kier molecular flexibility index (Phi) is 2.11. The van der Waals surface area contributed by atoms with Crippen molar-refractivity contribution in [1.82, 2.24) is 10.2 Å². The molecule has 2 rings (SSSR count). The summed E-state index contributed by atoms with van der Waals surface area (Å²) >= 11 is 0. The molecule has 0 bridgehead atoms. The maximum absolute atomic E-state index is 9.90. The zero-order valence-electron chi connectivity index (χ0n) is 9.15. The lowest BCUT2D eigenvalue weighted by molar-refractivity contribution is 0.448. The van der Waals surface area contributed by atoms with Crippen LogP contribution in [-0.2, 0) is 5.41 Å². The summed E-state index contributed by atoms with van der Waals surface area (Å²) in [6.45, 7) is 6.22. The van der Waals surface area contributed by atoms with Gasteiger partial charge in [-0.3, -0.25) is 0 Å². The van der Waals surface area contributed by atoms with Crippen LogP contribution >= 0.6 is 0 Å². The highest BCUT2D eigenvalue weighted by atomic mass is 16.3. The van der Waals surface area contributed by atoms with E-state index in [0.29, 0.717) is 5.75 Å². The van der Waals surface area contributed by atoms with Crippen LogP contribution in [0.15, 0.2) is 24.5 Å². The van der Waals surface area contributed by atoms with Crippen molar-refractivity contribution in [1.29, 1.82) is 0 Å². The third-order valence-corrected chi connectivity index (χ3v) is 2.47. The van der Waals surface area contributed by atoms with Gasteiger partial charge in [0.15, 0.2) is 0 Å². The highest BCUT2D eigenvalue weighted by molar-refractivity contribution is 5.83. The standard InChI is InChI=1S/C12H14N2O/c1-12(2,3)10-4-8-6-13-14-7-9(8)5-11(10)15/h4-7,15H,1-3H3. The van der Waals surface area contributed by atoms with Gasteiger partial charge >= 0.3 is 0 Å². The number of rotatable bonds is 0. The molecule has 0 fully saturated rings. The van der Waals surface area contributed by atoms with Crippen molar-refractivity contribution >= 4 is 10.8 Å². The van der Waals surface area contributed by atoms with E-state index >= 15 is 0 Å². The molecule has 3 nitrogen and oxygen atoms in total. The largest absolute Gasteiger partial charge is 0.508 e. The van der Waals surface area contributed by atoms with Crippen LogP contribution < -0.4 is 0 Å². The summed E-state index contributed by atoms with van der Waals surface area (Å²) in [7, 11) is 0. The fraction of sp³-hybridized carbons (Fsp3) is 0.333. The van der Waals surface area contributed by atoms with E-state index < -0.39 is 0 Å². The molecule has 0 unspecified atom stereocenters. The quantitative estimate of drug-likeness (QED) is 0.714. The minimum absolute atomic E-state index is 0.0679. The van der Waals surface area contributed by atoms with E-state index in [0.717, 1.165) is 16.3 Å². The first-order valence-electron chi connectivity index (χ1n) is 4.92. The lowest BCUT2D eigenvalue weighted by atomic mass is 9.85. The molecule has 15 heavy (non-hydrogen) atoms. The molecule has 0 amide bonds. The van der Waals surface area contributed by atoms with Crippen molar-refractivity contribution < 1.29 is 5.11 Å². The van der Waals surface area contributed by atoms with Crippen LogP contribution in [0.4, 0.5) is 0 Å². The number of aromatic hydroxyl groups is 1. The molecular weight excluding hydrogens is 188 g/mol. The van der Waals surface area contributed by atoms with Gasteiger partial charge in [-0.15, -0.1) is 0 Å². The van der Waals surface area contributed by atoms with E-state index in [4.69, 9.17) is 0 Å². The second kappa shape index (κ2) is 3.19. The molecule has 1 heterocycles. The zero-order valence-corrected chi connectivity index (χ0v) is 9.15. The molecule has 0 radical (unpaired) electrons. The lowest BCUT2D eigenvalue weighted by Crippen LogP contribution is -2.11. The van der Waals surface area contributed by atoms with Gasteiger partial charge in [0.05, 0.1) is 12.4 Å². The first-order chi connectivity index (χ1) is 6.98. The third kappa shape index (κ3) is 1.77. The van der Waals surface area contributed by atoms with Crippen molar-refractivity contribution in [2.75, 3.05) is 0 Å². The third-order valence-electron chi connectivity index (χ3n) is 2.47. The fourth-order valence-electron chi connectivity index (χ4n) is 1.64. The molecule has 78 valence electrons. The molecule has 1 N–H and O–H groups in total. The van der Waals surface area contributed by atoms with E-state index in [1.165, 1.54) is 0 Å². The van der Waals surface area contributed by atoms with Crippen LogP contribution in [0, 0.1) is 0 Å². The molecule has 0 aliphatic carbocycles. The van der Waals surface area contributed by atoms with Gasteiger partial charge in [0.25, 0.3) is 0 Å². The van der Waals surface area contributed by atoms with Crippen LogP contribution in [0.3, 0.4) is 0 Å². The van der Waals surface area contributed by atoms with Gasteiger partial charge in [-0.25, -0.2) is 0 Å². The molecule has 0 spiro atoms. The molecule has 1 aromatic carbocycles. The minimum Gasteiger partial charge on any atom is -0.508 e. The summed E-state index contributed by atoms with van der Waals surface area (Å²) in [6, 6.07) is 3.71. The average molecular weight is 202 g/mol. The Bertz CT molecular complexity index is 500. The number of fused-ring (bicyclic) bond motifs is 1. The van der Waals surface area contributed by atoms with Crippen LogP contribution in [0.25, 0.3) is 10.8 Å². The van der Waals surface area contributed by atoms with Gasteiger partial charge < -0.3 is 5.11 Å². The number of aromatic nitrogens is 2. The molecular formula is C12H14N2O. The van der Waals surface area contributed by atoms with Crippen molar-refractivity contribution in [3.63, 3.8) is 0 Å². The monoisotopic (exact) mass is 202 g/mol. The zero-order chi connectivity index (χ0) is 11.1. The Balaban J connectivity index is 2.73. The summed E-state index contributed by atoms with van der Waals surface area (Å²) in [6.07, 6.45) is 3.37. The highest BCUT2D eigenvalue weighted by Crippen LogP contribution is 2.33. The Morgan fingerprint density at radius 2 is 1.53 bits per heavy atom. The van der Waals surface area contributed by atoms with Crippen LogP contribution in [-0.4, -0.2) is 15.3 Å². The second-order valence-electron chi connectivity index (χ2n) is 4.74. The molecule has 3 heteroatoms. The SMILES string of the molecule is CC(C)(C)c1cc2cnncc2cc1O. The summed E-state index contributed by atoms with van der Waals surface area (Å²) < 4.78 is 0. The highest BCUT2D eigenvalue weighted by Gasteiger charge is 2.18. The van der Waals surface area contributed by atoms with Crippen molar-refractivity contribution in [2.24, 2.45) is 0 Å². The first-order valence-corrected chi connectivity index (χ1v) is 4.92. The Labute approximate surface area is 88.8 Å². The molecule has 0 aliphatic heterocycles. The van der Waals surface area contributed by atoms with E-state index in [9.17, 15) is 5.11 Å². The Morgan fingerprint density at radius 1 is 1.00 bits per heavy atom. The van der Waals surface area contributed by atoms with Crippen LogP contribution in [0.5, 0.6) is 5.75 Å². The molecule has 1 aromatic heterocycles. The lowest BCUT2D eigenvalue weighted by Gasteiger charge is -2.20. The smallest absolute Gasteiger partial charge is 0.119 e. The Morgan fingerprint density at radius 3 is 2.07 bits per heavy atom. The first kappa shape index (κ1) is 9.90. The number of phenolic OH excluding ortho intramolecular Hbond substituents is 1. The fourth-order valence-corrected chi connectivity index (χ4v) is 1.64. The van der Waals surface area contributed by atoms with Gasteiger partial charge in [0, 0.05) is 10.8 Å². The predicted molar refractivity (Wildman–Crippen MR) is 59.9 cm³/mol. The minimum atomic E-state index is -0.0679. The molecule has 0 saturated carbocycles. The topological polar surface area (TPSA) is 46.0 Å². The van der Waals surface area contributed by atoms with Crippen molar-refractivity contribution in [3.05, 3.63) is 30.1 Å². The van der Waals surface area contributed by atoms with Crippen molar-refractivity contribution in [3.8, 4) is 5.75 Å². The number of hydrogen-bond acceptors (Lipinski definition) is 3. The molecule has 0 saturated heterocycles. The summed E-state index contributed by atoms with van der Waals surface area (Å²) in [4.78, 5) is 0. The van der Waals surface area contributed by atoms with Crippen molar-refractivity contribution in [2.45, 2.75) is 26.2 Å². The maximum Gasteiger partial charge on any atom is 0.119 e. The van der Waals surface area contributed by atoms with Gasteiger partial charge in [-0.05, 0) is 23.1 Å². The molecule has 2 aromatic rings. The number of phenols is 1. The predicted octanol–water partition coefficient (Wildman–Crippen LogP) is 2.63. The van der Waals surface area contributed by atoms with Crippen LogP contribution in [0.2, 0.25) is 0 Å². The average Bonchev–Trinajstić information content (AvgIpc) is 2.15. The molecule has 0 atom stereocenters. The van der Waals surface area contributed by atoms with E-state index in [1.807, 2.05) is 6.07 Å². The van der Waals surface area contributed by atoms with Gasteiger partial charge in [0.1, 0.15) is 5.75 Å². The normalized spacial score (nSPS) is 11.9. The number of benzene rings is 1. The number of nitrogens with zero attached hydrogens (tertiary/aromatic N) is 2. The Hall–Kier alpha value is -1.64. The molecule has 0 aliphatic rings. The maximum atomic E-state index is 9.90. The van der Waals surface area contributed by atoms with Gasteiger partial charge in [-0.2, -0.15) is 10.2 Å². The van der Waals surface area contributed by atoms with Gasteiger partial charge in [-0.1, -0.05) is 20.8 Å². The van der Waals surface area contributed by atoms with Gasteiger partial charge in [0.2, 0.25) is 0 Å². The number of hydrogen-bond donors (Lipinski definition) is 1. The summed E-state index contributed by atoms with van der Waals surface area (Å²) in [5.74, 6) is 0.322.